The Hall–Kier alpha value is -2.32. The van der Waals surface area contributed by atoms with Gasteiger partial charge in [0.1, 0.15) is 5.82 Å². The van der Waals surface area contributed by atoms with Crippen LogP contribution >= 0.6 is 11.8 Å². The van der Waals surface area contributed by atoms with Crippen LogP contribution < -0.4 is 5.32 Å². The number of allylic oxidation sites excluding steroid dienone is 1. The van der Waals surface area contributed by atoms with Gasteiger partial charge in [0, 0.05) is 5.56 Å². The normalized spacial score (nSPS) is 19.1. The van der Waals surface area contributed by atoms with Crippen molar-refractivity contribution in [2.24, 2.45) is 4.99 Å². The fourth-order valence-electron chi connectivity index (χ4n) is 2.13. The first kappa shape index (κ1) is 23.0. The molecule has 1 N–H and O–H groups in total. The molecule has 1 aliphatic rings. The summed E-state index contributed by atoms with van der Waals surface area (Å²) in [4.78, 5) is 11.2. The first-order valence-electron chi connectivity index (χ1n) is 6.96. The molecule has 0 bridgehead atoms. The van der Waals surface area contributed by atoms with E-state index in [-0.39, 0.29) is 0 Å². The molecule has 0 aliphatic carbocycles. The number of hydrogen-bond donors (Lipinski definition) is 1. The minimum Gasteiger partial charge on any atom is -0.301 e. The van der Waals surface area contributed by atoms with E-state index in [2.05, 4.69) is 4.99 Å². The third-order valence-electron chi connectivity index (χ3n) is 3.37. The van der Waals surface area contributed by atoms with Crippen LogP contribution in [0.4, 0.5) is 48.3 Å². The van der Waals surface area contributed by atoms with Crippen molar-refractivity contribution in [1.82, 2.24) is 5.32 Å². The minimum absolute atomic E-state index is 0.545. The number of amidine groups is 1. The van der Waals surface area contributed by atoms with Crippen LogP contribution in [0.15, 0.2) is 40.0 Å². The van der Waals surface area contributed by atoms with Gasteiger partial charge in [-0.2, -0.15) is 39.5 Å². The number of benzene rings is 1. The average molecular weight is 458 g/mol. The first-order valence-corrected chi connectivity index (χ1v) is 7.78. The van der Waals surface area contributed by atoms with E-state index in [1.807, 2.05) is 0 Å². The van der Waals surface area contributed by atoms with Gasteiger partial charge in [-0.05, 0) is 18.2 Å². The van der Waals surface area contributed by atoms with Gasteiger partial charge in [0.15, 0.2) is 5.17 Å². The lowest BCUT2D eigenvalue weighted by molar-refractivity contribution is -0.280. The maximum absolute atomic E-state index is 13.6. The lowest BCUT2D eigenvalue weighted by Crippen LogP contribution is -2.55. The van der Waals surface area contributed by atoms with Crippen LogP contribution in [0.1, 0.15) is 10.4 Å². The van der Waals surface area contributed by atoms with E-state index in [4.69, 9.17) is 0 Å². The number of aliphatic imine (C=N–C) groups is 1. The summed E-state index contributed by atoms with van der Waals surface area (Å²) in [5, 5.41) is -0.211. The van der Waals surface area contributed by atoms with Crippen molar-refractivity contribution >= 4 is 22.8 Å². The van der Waals surface area contributed by atoms with Crippen molar-refractivity contribution in [2.45, 2.75) is 24.1 Å². The van der Waals surface area contributed by atoms with Crippen LogP contribution in [0, 0.1) is 5.82 Å². The Labute approximate surface area is 157 Å². The summed E-state index contributed by atoms with van der Waals surface area (Å²) >= 11 is -0.998. The summed E-state index contributed by atoms with van der Waals surface area (Å²) in [5.41, 5.74) is -6.18. The number of rotatable bonds is 1. The molecule has 1 aromatic carbocycles. The third kappa shape index (κ3) is 4.18. The number of alkyl halides is 9. The zero-order valence-electron chi connectivity index (χ0n) is 13.2. The summed E-state index contributed by atoms with van der Waals surface area (Å²) in [6.07, 6.45) is -19.3. The van der Waals surface area contributed by atoms with Gasteiger partial charge in [-0.1, -0.05) is 17.8 Å². The number of carbonyl (C=O) groups excluding carboxylic acids is 1. The highest BCUT2D eigenvalue weighted by Gasteiger charge is 2.77. The number of carbonyl (C=O) groups is 1. The number of thioether (sulfide) groups is 1. The smallest absolute Gasteiger partial charge is 0.301 e. The van der Waals surface area contributed by atoms with Crippen LogP contribution in [0.5, 0.6) is 0 Å². The quantitative estimate of drug-likeness (QED) is 0.584. The van der Waals surface area contributed by atoms with Crippen molar-refractivity contribution in [2.75, 3.05) is 0 Å². The lowest BCUT2D eigenvalue weighted by atomic mass is 9.97. The van der Waals surface area contributed by atoms with Gasteiger partial charge < -0.3 is 5.32 Å². The number of amides is 1. The van der Waals surface area contributed by atoms with E-state index in [0.29, 0.717) is 6.07 Å². The monoisotopic (exact) mass is 458 g/mol. The van der Waals surface area contributed by atoms with Gasteiger partial charge in [-0.25, -0.2) is 13.8 Å². The maximum Gasteiger partial charge on any atom is 0.443 e. The largest absolute Gasteiger partial charge is 0.443 e. The second kappa shape index (κ2) is 7.18. The number of halogens is 11. The standard InChI is InChI=1S/C14H5F11N2OS/c15-6-3-1-2-5(4-6)9(28)26-10-27-11(13(20,21)22,14(23,24)25)8(29-10)7(16)12(17,18)19/h1-4H,(H,26,27,28)/b8-7+. The molecule has 160 valence electrons. The van der Waals surface area contributed by atoms with E-state index in [9.17, 15) is 53.1 Å². The molecule has 0 spiro atoms. The van der Waals surface area contributed by atoms with E-state index in [0.717, 1.165) is 18.2 Å². The fraction of sp³-hybridized carbons (Fsp3) is 0.286. The lowest BCUT2D eigenvalue weighted by Gasteiger charge is -2.31. The van der Waals surface area contributed by atoms with Gasteiger partial charge in [-0.15, -0.1) is 0 Å². The molecule has 1 aliphatic heterocycles. The van der Waals surface area contributed by atoms with Crippen LogP contribution in [0.2, 0.25) is 0 Å². The molecule has 1 heterocycles. The van der Waals surface area contributed by atoms with Crippen molar-refractivity contribution in [3.63, 3.8) is 0 Å². The van der Waals surface area contributed by atoms with Crippen LogP contribution in [-0.2, 0) is 0 Å². The second-order valence-electron chi connectivity index (χ2n) is 5.33. The molecule has 0 fully saturated rings. The van der Waals surface area contributed by atoms with Gasteiger partial charge in [0.2, 0.25) is 5.83 Å². The summed E-state index contributed by atoms with van der Waals surface area (Å²) < 4.78 is 144. The van der Waals surface area contributed by atoms with Gasteiger partial charge in [-0.3, -0.25) is 4.79 Å². The Morgan fingerprint density at radius 3 is 2.00 bits per heavy atom. The molecule has 3 nitrogen and oxygen atoms in total. The molecule has 0 saturated heterocycles. The highest BCUT2D eigenvalue weighted by atomic mass is 32.2. The van der Waals surface area contributed by atoms with E-state index < -0.39 is 69.0 Å². The predicted octanol–water partition coefficient (Wildman–Crippen LogP) is 5.27. The van der Waals surface area contributed by atoms with Crippen LogP contribution in [0.3, 0.4) is 0 Å². The molecule has 0 atom stereocenters. The SMILES string of the molecule is O=C(NC1=NC(C(F)(F)F)(C(F)(F)F)/C(=C(\F)C(F)(F)F)S1)c1cccc(F)c1. The van der Waals surface area contributed by atoms with Crippen LogP contribution in [-0.4, -0.2) is 35.1 Å². The molecule has 29 heavy (non-hydrogen) atoms. The Morgan fingerprint density at radius 2 is 1.55 bits per heavy atom. The fourth-order valence-corrected chi connectivity index (χ4v) is 3.28. The Kier molecular flexibility index (Phi) is 5.68. The van der Waals surface area contributed by atoms with Crippen LogP contribution in [0.25, 0.3) is 0 Å². The highest BCUT2D eigenvalue weighted by molar-refractivity contribution is 8.17. The number of nitrogens with zero attached hydrogens (tertiary/aromatic N) is 1. The highest BCUT2D eigenvalue weighted by Crippen LogP contribution is 2.59. The molecule has 0 radical (unpaired) electrons. The molecular weight excluding hydrogens is 453 g/mol. The summed E-state index contributed by atoms with van der Waals surface area (Å²) in [6, 6.07) is 3.28. The summed E-state index contributed by atoms with van der Waals surface area (Å²) in [5.74, 6) is -6.15. The van der Waals surface area contributed by atoms with E-state index >= 15 is 0 Å². The molecule has 0 aromatic heterocycles. The molecule has 2 rings (SSSR count). The molecular formula is C14H5F11N2OS. The van der Waals surface area contributed by atoms with Crippen molar-refractivity contribution < 1.29 is 53.1 Å². The Bertz CT molecular complexity index is 869. The van der Waals surface area contributed by atoms with Crippen molar-refractivity contribution in [3.05, 3.63) is 46.4 Å². The molecule has 0 unspecified atom stereocenters. The Morgan fingerprint density at radius 1 is 1.00 bits per heavy atom. The summed E-state index contributed by atoms with van der Waals surface area (Å²) in [7, 11) is 0. The van der Waals surface area contributed by atoms with Gasteiger partial charge in [0.05, 0.1) is 4.91 Å². The zero-order valence-corrected chi connectivity index (χ0v) is 14.0. The molecule has 1 aromatic rings. The first-order chi connectivity index (χ1) is 13.0. The van der Waals surface area contributed by atoms with Crippen molar-refractivity contribution in [3.8, 4) is 0 Å². The van der Waals surface area contributed by atoms with E-state index in [1.165, 1.54) is 5.32 Å². The molecule has 1 amide bonds. The predicted molar refractivity (Wildman–Crippen MR) is 77.9 cm³/mol. The maximum atomic E-state index is 13.6. The van der Waals surface area contributed by atoms with E-state index in [1.54, 1.807) is 0 Å². The van der Waals surface area contributed by atoms with Gasteiger partial charge >= 0.3 is 18.5 Å². The number of hydrogen-bond acceptors (Lipinski definition) is 3. The summed E-state index contributed by atoms with van der Waals surface area (Å²) in [6.45, 7) is 0. The molecule has 15 heteroatoms. The average Bonchev–Trinajstić information content (AvgIpc) is 2.93. The minimum atomic E-state index is -6.54. The molecule has 0 saturated carbocycles. The zero-order chi connectivity index (χ0) is 22.4. The topological polar surface area (TPSA) is 41.5 Å². The number of nitrogens with one attached hydrogen (secondary N) is 1. The Balaban J connectivity index is 2.61. The van der Waals surface area contributed by atoms with Gasteiger partial charge in [0.25, 0.3) is 11.4 Å². The second-order valence-corrected chi connectivity index (χ2v) is 6.33. The van der Waals surface area contributed by atoms with Crippen molar-refractivity contribution in [1.29, 1.82) is 0 Å². The third-order valence-corrected chi connectivity index (χ3v) is 4.44.